The molecule has 1 saturated heterocycles. The Morgan fingerprint density at radius 3 is 2.57 bits per heavy atom. The number of carbonyl (C=O) groups is 2. The normalized spacial score (nSPS) is 15.2. The van der Waals surface area contributed by atoms with E-state index in [2.05, 4.69) is 15.6 Å². The second kappa shape index (κ2) is 10.9. The summed E-state index contributed by atoms with van der Waals surface area (Å²) in [6.45, 7) is 3.90. The molecule has 0 bridgehead atoms. The number of benzene rings is 3. The average molecular weight is 488 g/mol. The first-order chi connectivity index (χ1) is 16.9. The third-order valence-corrected chi connectivity index (χ3v) is 6.18. The Bertz CT molecular complexity index is 1320. The van der Waals surface area contributed by atoms with E-state index in [-0.39, 0.29) is 18.4 Å². The van der Waals surface area contributed by atoms with Crippen LogP contribution in [-0.4, -0.2) is 30.7 Å². The highest BCUT2D eigenvalue weighted by Gasteiger charge is 2.23. The molecule has 8 heteroatoms. The predicted molar refractivity (Wildman–Crippen MR) is 140 cm³/mol. The van der Waals surface area contributed by atoms with Crippen molar-refractivity contribution in [3.05, 3.63) is 88.3 Å². The summed E-state index contributed by atoms with van der Waals surface area (Å²) >= 11 is 1.26. The van der Waals surface area contributed by atoms with Gasteiger partial charge in [-0.2, -0.15) is 0 Å². The van der Waals surface area contributed by atoms with Gasteiger partial charge < -0.3 is 20.1 Å². The topological polar surface area (TPSA) is 89.0 Å². The second-order valence-electron chi connectivity index (χ2n) is 7.89. The van der Waals surface area contributed by atoms with E-state index < -0.39 is 0 Å². The Morgan fingerprint density at radius 1 is 1.03 bits per heavy atom. The molecule has 3 aromatic carbocycles. The highest BCUT2D eigenvalue weighted by Crippen LogP contribution is 2.29. The molecule has 3 aromatic rings. The van der Waals surface area contributed by atoms with E-state index >= 15 is 0 Å². The fraction of sp³-hybridized carbons (Fsp3) is 0.148. The first-order valence-corrected chi connectivity index (χ1v) is 11.7. The van der Waals surface area contributed by atoms with Crippen molar-refractivity contribution in [2.75, 3.05) is 19.0 Å². The van der Waals surface area contributed by atoms with Crippen molar-refractivity contribution in [3.8, 4) is 11.5 Å². The molecule has 0 unspecified atom stereocenters. The number of aliphatic imine (C=N–C) groups is 1. The van der Waals surface area contributed by atoms with Gasteiger partial charge in [0.1, 0.15) is 11.5 Å². The average Bonchev–Trinajstić information content (AvgIpc) is 3.19. The fourth-order valence-electron chi connectivity index (χ4n) is 3.27. The SMILES string of the molecule is COc1ccc(N=C2NC(=O)/C(=C\c3cccc(OCC(=O)Nc4ccc(C)c(C)c4)c3)S2)cc1. The maximum Gasteiger partial charge on any atom is 0.264 e. The third kappa shape index (κ3) is 6.51. The van der Waals surface area contributed by atoms with E-state index in [1.165, 1.54) is 17.3 Å². The first-order valence-electron chi connectivity index (χ1n) is 10.9. The van der Waals surface area contributed by atoms with Crippen molar-refractivity contribution in [1.29, 1.82) is 0 Å². The number of nitrogens with zero attached hydrogens (tertiary/aromatic N) is 1. The van der Waals surface area contributed by atoms with Gasteiger partial charge in [0.2, 0.25) is 0 Å². The molecule has 4 rings (SSSR count). The van der Waals surface area contributed by atoms with Crippen molar-refractivity contribution >= 4 is 46.2 Å². The monoisotopic (exact) mass is 487 g/mol. The summed E-state index contributed by atoms with van der Waals surface area (Å²) in [6.07, 6.45) is 1.76. The molecule has 0 aliphatic carbocycles. The predicted octanol–water partition coefficient (Wildman–Crippen LogP) is 5.22. The first kappa shape index (κ1) is 24.1. The summed E-state index contributed by atoms with van der Waals surface area (Å²) in [7, 11) is 1.60. The van der Waals surface area contributed by atoms with Crippen molar-refractivity contribution in [2.45, 2.75) is 13.8 Å². The number of methoxy groups -OCH3 is 1. The Kier molecular flexibility index (Phi) is 7.52. The van der Waals surface area contributed by atoms with E-state index in [4.69, 9.17) is 9.47 Å². The number of anilines is 1. The maximum atomic E-state index is 12.4. The van der Waals surface area contributed by atoms with Crippen LogP contribution < -0.4 is 20.1 Å². The Hall–Kier alpha value is -4.04. The van der Waals surface area contributed by atoms with E-state index in [0.717, 1.165) is 22.6 Å². The smallest absolute Gasteiger partial charge is 0.264 e. The maximum absolute atomic E-state index is 12.4. The summed E-state index contributed by atoms with van der Waals surface area (Å²) in [5, 5.41) is 6.12. The molecule has 7 nitrogen and oxygen atoms in total. The van der Waals surface area contributed by atoms with Gasteiger partial charge in [0.15, 0.2) is 11.8 Å². The summed E-state index contributed by atoms with van der Waals surface area (Å²) in [6, 6.07) is 20.2. The third-order valence-electron chi connectivity index (χ3n) is 5.27. The van der Waals surface area contributed by atoms with E-state index in [1.54, 1.807) is 25.3 Å². The summed E-state index contributed by atoms with van der Waals surface area (Å²) in [5.41, 5.74) is 4.50. The molecule has 0 saturated carbocycles. The van der Waals surface area contributed by atoms with Crippen LogP contribution in [-0.2, 0) is 9.59 Å². The number of rotatable bonds is 7. The lowest BCUT2D eigenvalue weighted by Gasteiger charge is -2.09. The van der Waals surface area contributed by atoms with Gasteiger partial charge >= 0.3 is 0 Å². The van der Waals surface area contributed by atoms with Crippen LogP contribution in [0.15, 0.2) is 76.6 Å². The van der Waals surface area contributed by atoms with Crippen LogP contribution in [0.2, 0.25) is 0 Å². The highest BCUT2D eigenvalue weighted by atomic mass is 32.2. The van der Waals surface area contributed by atoms with E-state index in [9.17, 15) is 9.59 Å². The molecular formula is C27H25N3O4S. The van der Waals surface area contributed by atoms with Crippen molar-refractivity contribution in [2.24, 2.45) is 4.99 Å². The van der Waals surface area contributed by atoms with Crippen LogP contribution in [0.3, 0.4) is 0 Å². The second-order valence-corrected chi connectivity index (χ2v) is 8.92. The molecule has 35 heavy (non-hydrogen) atoms. The number of thioether (sulfide) groups is 1. The zero-order chi connectivity index (χ0) is 24.8. The number of ether oxygens (including phenoxy) is 2. The minimum Gasteiger partial charge on any atom is -0.497 e. The van der Waals surface area contributed by atoms with Crippen LogP contribution in [0.5, 0.6) is 11.5 Å². The molecule has 0 aromatic heterocycles. The van der Waals surface area contributed by atoms with E-state index in [0.29, 0.717) is 21.5 Å². The van der Waals surface area contributed by atoms with Crippen LogP contribution in [0.4, 0.5) is 11.4 Å². The van der Waals surface area contributed by atoms with Crippen LogP contribution in [0, 0.1) is 13.8 Å². The van der Waals surface area contributed by atoms with Crippen molar-refractivity contribution in [3.63, 3.8) is 0 Å². The number of carbonyl (C=O) groups excluding carboxylic acids is 2. The Labute approximate surface area is 208 Å². The summed E-state index contributed by atoms with van der Waals surface area (Å²) in [5.74, 6) is 0.802. The Morgan fingerprint density at radius 2 is 1.83 bits per heavy atom. The lowest BCUT2D eigenvalue weighted by atomic mass is 10.1. The number of nitrogens with one attached hydrogen (secondary N) is 2. The molecule has 178 valence electrons. The molecule has 0 radical (unpaired) electrons. The van der Waals surface area contributed by atoms with Gasteiger partial charge in [-0.25, -0.2) is 4.99 Å². The van der Waals surface area contributed by atoms with Gasteiger partial charge in [-0.3, -0.25) is 9.59 Å². The number of hydrogen-bond acceptors (Lipinski definition) is 6. The van der Waals surface area contributed by atoms with E-state index in [1.807, 2.05) is 68.4 Å². The van der Waals surface area contributed by atoms with Crippen molar-refractivity contribution < 1.29 is 19.1 Å². The summed E-state index contributed by atoms with van der Waals surface area (Å²) in [4.78, 5) is 29.7. The Balaban J connectivity index is 1.37. The number of amidine groups is 1. The number of aryl methyl sites for hydroxylation is 2. The van der Waals surface area contributed by atoms with Gasteiger partial charge in [0.05, 0.1) is 17.7 Å². The minimum atomic E-state index is -0.248. The molecule has 1 heterocycles. The fourth-order valence-corrected chi connectivity index (χ4v) is 4.11. The van der Waals surface area contributed by atoms with Gasteiger partial charge in [-0.15, -0.1) is 0 Å². The zero-order valence-corrected chi connectivity index (χ0v) is 20.4. The lowest BCUT2D eigenvalue weighted by molar-refractivity contribution is -0.118. The van der Waals surface area contributed by atoms with Gasteiger partial charge in [0, 0.05) is 5.69 Å². The summed E-state index contributed by atoms with van der Waals surface area (Å²) < 4.78 is 10.8. The molecule has 2 N–H and O–H groups in total. The van der Waals surface area contributed by atoms with Crippen molar-refractivity contribution in [1.82, 2.24) is 5.32 Å². The minimum absolute atomic E-state index is 0.124. The van der Waals surface area contributed by atoms with Gasteiger partial charge in [-0.1, -0.05) is 18.2 Å². The van der Waals surface area contributed by atoms with Crippen LogP contribution in [0.1, 0.15) is 16.7 Å². The molecule has 1 aliphatic heterocycles. The van der Waals surface area contributed by atoms with Gasteiger partial charge in [0.25, 0.3) is 11.8 Å². The zero-order valence-electron chi connectivity index (χ0n) is 19.6. The molecular weight excluding hydrogens is 462 g/mol. The largest absolute Gasteiger partial charge is 0.497 e. The van der Waals surface area contributed by atoms with Crippen LogP contribution in [0.25, 0.3) is 6.08 Å². The standard InChI is InChI=1S/C27H25N3O4S/c1-17-7-8-21(13-18(17)2)28-25(31)16-34-23-6-4-5-19(14-23)15-24-26(32)30-27(35-24)29-20-9-11-22(33-3)12-10-20/h4-15H,16H2,1-3H3,(H,28,31)(H,29,30,32)/b24-15+. The molecule has 2 amide bonds. The molecule has 0 spiro atoms. The molecule has 1 aliphatic rings. The number of amides is 2. The molecule has 1 fully saturated rings. The quantitative estimate of drug-likeness (QED) is 0.446. The van der Waals surface area contributed by atoms with Crippen LogP contribution >= 0.6 is 11.8 Å². The molecule has 0 atom stereocenters. The lowest BCUT2D eigenvalue weighted by Crippen LogP contribution is -2.20. The van der Waals surface area contributed by atoms with Gasteiger partial charge in [-0.05, 0) is 96.9 Å². The number of hydrogen-bond donors (Lipinski definition) is 2. The highest BCUT2D eigenvalue weighted by molar-refractivity contribution is 8.18.